The average molecular weight is 271 g/mol. The number of nitrogens with zero attached hydrogens (tertiary/aromatic N) is 1. The van der Waals surface area contributed by atoms with Crippen LogP contribution in [0.4, 0.5) is 0 Å². The van der Waals surface area contributed by atoms with E-state index >= 15 is 0 Å². The first-order valence-electron chi connectivity index (χ1n) is 6.83. The van der Waals surface area contributed by atoms with Gasteiger partial charge in [-0.25, -0.2) is 0 Å². The Morgan fingerprint density at radius 3 is 2.85 bits per heavy atom. The van der Waals surface area contributed by atoms with E-state index in [1.165, 1.54) is 7.11 Å². The highest BCUT2D eigenvalue weighted by Gasteiger charge is 2.34. The van der Waals surface area contributed by atoms with Gasteiger partial charge in [-0.1, -0.05) is 18.2 Å². The first kappa shape index (κ1) is 12.9. The van der Waals surface area contributed by atoms with Gasteiger partial charge in [0, 0.05) is 18.0 Å². The Morgan fingerprint density at radius 1 is 1.35 bits per heavy atom. The van der Waals surface area contributed by atoms with E-state index in [1.807, 2.05) is 35.9 Å². The summed E-state index contributed by atoms with van der Waals surface area (Å²) in [6, 6.07) is 7.99. The molecule has 3 rings (SSSR count). The van der Waals surface area contributed by atoms with Gasteiger partial charge in [-0.05, 0) is 30.9 Å². The Hall–Kier alpha value is -2.10. The SMILES string of the molecule is COC(=O)C1CCCc2c(n(C)c3ccccc23)C1=O. The van der Waals surface area contributed by atoms with Gasteiger partial charge in [-0.2, -0.15) is 0 Å². The molecule has 4 heteroatoms. The molecule has 0 aliphatic heterocycles. The van der Waals surface area contributed by atoms with Crippen LogP contribution in [0, 0.1) is 5.92 Å². The lowest BCUT2D eigenvalue weighted by Gasteiger charge is -2.11. The van der Waals surface area contributed by atoms with Crippen molar-refractivity contribution >= 4 is 22.7 Å². The van der Waals surface area contributed by atoms with Crippen molar-refractivity contribution in [3.05, 3.63) is 35.5 Å². The Morgan fingerprint density at radius 2 is 2.10 bits per heavy atom. The first-order chi connectivity index (χ1) is 9.65. The predicted octanol–water partition coefficient (Wildman–Crippen LogP) is 2.49. The largest absolute Gasteiger partial charge is 0.468 e. The Bertz CT molecular complexity index is 699. The monoisotopic (exact) mass is 271 g/mol. The molecular formula is C16H17NO3. The van der Waals surface area contributed by atoms with Gasteiger partial charge in [-0.3, -0.25) is 9.59 Å². The Kier molecular flexibility index (Phi) is 3.08. The number of aromatic nitrogens is 1. The van der Waals surface area contributed by atoms with E-state index in [9.17, 15) is 9.59 Å². The van der Waals surface area contributed by atoms with Gasteiger partial charge in [0.05, 0.1) is 12.8 Å². The van der Waals surface area contributed by atoms with E-state index in [1.54, 1.807) is 0 Å². The van der Waals surface area contributed by atoms with E-state index in [0.29, 0.717) is 12.1 Å². The van der Waals surface area contributed by atoms with Crippen molar-refractivity contribution in [1.29, 1.82) is 0 Å². The number of carbonyl (C=O) groups excluding carboxylic acids is 2. The van der Waals surface area contributed by atoms with Crippen LogP contribution in [0.15, 0.2) is 24.3 Å². The minimum Gasteiger partial charge on any atom is -0.468 e. The highest BCUT2D eigenvalue weighted by molar-refractivity contribution is 6.11. The second-order valence-corrected chi connectivity index (χ2v) is 5.24. The van der Waals surface area contributed by atoms with Gasteiger partial charge in [0.15, 0.2) is 5.78 Å². The average Bonchev–Trinajstić information content (AvgIpc) is 2.64. The number of aryl methyl sites for hydroxylation is 2. The molecule has 0 saturated carbocycles. The highest BCUT2D eigenvalue weighted by Crippen LogP contribution is 2.32. The Balaban J connectivity index is 2.21. The molecule has 1 aromatic carbocycles. The number of carbonyl (C=O) groups is 2. The molecule has 20 heavy (non-hydrogen) atoms. The fourth-order valence-corrected chi connectivity index (χ4v) is 3.19. The lowest BCUT2D eigenvalue weighted by molar-refractivity contribution is -0.143. The van der Waals surface area contributed by atoms with Gasteiger partial charge < -0.3 is 9.30 Å². The number of methoxy groups -OCH3 is 1. The highest BCUT2D eigenvalue weighted by atomic mass is 16.5. The second kappa shape index (κ2) is 4.78. The van der Waals surface area contributed by atoms with Crippen LogP contribution in [0.25, 0.3) is 10.9 Å². The number of rotatable bonds is 1. The number of para-hydroxylation sites is 1. The van der Waals surface area contributed by atoms with Crippen LogP contribution in [-0.2, 0) is 23.0 Å². The third-order valence-corrected chi connectivity index (χ3v) is 4.17. The third kappa shape index (κ3) is 1.75. The van der Waals surface area contributed by atoms with Gasteiger partial charge in [-0.15, -0.1) is 0 Å². The standard InChI is InChI=1S/C16H17NO3/c1-17-13-9-4-3-6-10(13)11-7-5-8-12(16(19)20-2)15(18)14(11)17/h3-4,6,9,12H,5,7-8H2,1-2H3. The number of hydrogen-bond acceptors (Lipinski definition) is 3. The molecule has 1 heterocycles. The zero-order valence-electron chi connectivity index (χ0n) is 11.7. The van der Waals surface area contributed by atoms with Crippen LogP contribution in [0.5, 0.6) is 0 Å². The first-order valence-corrected chi connectivity index (χ1v) is 6.83. The van der Waals surface area contributed by atoms with Crippen LogP contribution >= 0.6 is 0 Å². The minimum atomic E-state index is -0.663. The molecule has 1 aromatic heterocycles. The van der Waals surface area contributed by atoms with Gasteiger partial charge in [0.2, 0.25) is 0 Å². The number of ether oxygens (including phenoxy) is 1. The van der Waals surface area contributed by atoms with Crippen LogP contribution in [0.2, 0.25) is 0 Å². The maximum Gasteiger partial charge on any atom is 0.316 e. The smallest absolute Gasteiger partial charge is 0.316 e. The summed E-state index contributed by atoms with van der Waals surface area (Å²) in [7, 11) is 3.22. The predicted molar refractivity (Wildman–Crippen MR) is 75.7 cm³/mol. The summed E-state index contributed by atoms with van der Waals surface area (Å²) in [4.78, 5) is 24.5. The molecule has 0 fully saturated rings. The Labute approximate surface area is 117 Å². The van der Waals surface area contributed by atoms with Crippen LogP contribution in [0.1, 0.15) is 28.9 Å². The summed E-state index contributed by atoms with van der Waals surface area (Å²) in [5.74, 6) is -1.19. The summed E-state index contributed by atoms with van der Waals surface area (Å²) >= 11 is 0. The molecule has 0 radical (unpaired) electrons. The molecule has 0 amide bonds. The summed E-state index contributed by atoms with van der Waals surface area (Å²) < 4.78 is 6.69. The summed E-state index contributed by atoms with van der Waals surface area (Å²) in [6.45, 7) is 0. The molecule has 1 aliphatic rings. The summed E-state index contributed by atoms with van der Waals surface area (Å²) in [6.07, 6.45) is 2.22. The second-order valence-electron chi connectivity index (χ2n) is 5.24. The molecule has 1 unspecified atom stereocenters. The number of esters is 1. The number of Topliss-reactive ketones (excluding diaryl/α,β-unsaturated/α-hetero) is 1. The van der Waals surface area contributed by atoms with E-state index in [-0.39, 0.29) is 5.78 Å². The van der Waals surface area contributed by atoms with Crippen molar-refractivity contribution in [3.63, 3.8) is 0 Å². The lowest BCUT2D eigenvalue weighted by atomic mass is 9.99. The van der Waals surface area contributed by atoms with Crippen molar-refractivity contribution in [2.45, 2.75) is 19.3 Å². The molecule has 0 N–H and O–H groups in total. The number of hydrogen-bond donors (Lipinski definition) is 0. The quantitative estimate of drug-likeness (QED) is 0.455. The molecule has 4 nitrogen and oxygen atoms in total. The summed E-state index contributed by atoms with van der Waals surface area (Å²) in [5.41, 5.74) is 2.77. The van der Waals surface area contributed by atoms with Crippen LogP contribution < -0.4 is 0 Å². The zero-order chi connectivity index (χ0) is 14.3. The molecule has 0 saturated heterocycles. The minimum absolute atomic E-state index is 0.108. The molecule has 0 bridgehead atoms. The number of fused-ring (bicyclic) bond motifs is 3. The molecule has 104 valence electrons. The normalized spacial score (nSPS) is 18.7. The van der Waals surface area contributed by atoms with E-state index in [2.05, 4.69) is 0 Å². The van der Waals surface area contributed by atoms with Gasteiger partial charge >= 0.3 is 5.97 Å². The molecule has 1 aliphatic carbocycles. The number of ketones is 1. The maximum atomic E-state index is 12.7. The van der Waals surface area contributed by atoms with Crippen LogP contribution in [0.3, 0.4) is 0 Å². The molecule has 0 spiro atoms. The lowest BCUT2D eigenvalue weighted by Crippen LogP contribution is -2.26. The summed E-state index contributed by atoms with van der Waals surface area (Å²) in [5, 5.41) is 1.11. The van der Waals surface area contributed by atoms with Crippen LogP contribution in [-0.4, -0.2) is 23.4 Å². The van der Waals surface area contributed by atoms with Gasteiger partial charge in [0.1, 0.15) is 5.92 Å². The van der Waals surface area contributed by atoms with Crippen molar-refractivity contribution in [2.24, 2.45) is 13.0 Å². The zero-order valence-corrected chi connectivity index (χ0v) is 11.7. The molecular weight excluding hydrogens is 254 g/mol. The fraction of sp³-hybridized carbons (Fsp3) is 0.375. The van der Waals surface area contributed by atoms with Crippen molar-refractivity contribution in [2.75, 3.05) is 7.11 Å². The van der Waals surface area contributed by atoms with Crippen molar-refractivity contribution in [1.82, 2.24) is 4.57 Å². The molecule has 1 atom stereocenters. The van der Waals surface area contributed by atoms with E-state index in [0.717, 1.165) is 29.3 Å². The fourth-order valence-electron chi connectivity index (χ4n) is 3.19. The topological polar surface area (TPSA) is 48.3 Å². The maximum absolute atomic E-state index is 12.7. The van der Waals surface area contributed by atoms with E-state index < -0.39 is 11.9 Å². The third-order valence-electron chi connectivity index (χ3n) is 4.17. The molecule has 2 aromatic rings. The van der Waals surface area contributed by atoms with Crippen molar-refractivity contribution in [3.8, 4) is 0 Å². The number of benzene rings is 1. The van der Waals surface area contributed by atoms with Gasteiger partial charge in [0.25, 0.3) is 0 Å². The van der Waals surface area contributed by atoms with E-state index in [4.69, 9.17) is 4.74 Å². The van der Waals surface area contributed by atoms with Crippen molar-refractivity contribution < 1.29 is 14.3 Å².